The molecule has 0 spiro atoms. The molecule has 1 aliphatic rings. The minimum Gasteiger partial charge on any atom is -0.305 e. The molecule has 2 rings (SSSR count). The molecule has 14 heavy (non-hydrogen) atoms. The Labute approximate surface area is 83.1 Å². The Hall–Kier alpha value is -1.39. The summed E-state index contributed by atoms with van der Waals surface area (Å²) in [7, 11) is 1.89. The second-order valence-corrected chi connectivity index (χ2v) is 3.39. The van der Waals surface area contributed by atoms with Crippen LogP contribution in [-0.2, 0) is 4.79 Å². The van der Waals surface area contributed by atoms with Crippen LogP contribution in [0.15, 0.2) is 30.3 Å². The molecule has 0 saturated carbocycles. The highest BCUT2D eigenvalue weighted by Gasteiger charge is 2.24. The number of rotatable bonds is 2. The van der Waals surface area contributed by atoms with E-state index in [2.05, 4.69) is 5.43 Å². The molecule has 0 bridgehead atoms. The molecule has 1 saturated heterocycles. The van der Waals surface area contributed by atoms with Crippen molar-refractivity contribution in [2.24, 2.45) is 0 Å². The Balaban J connectivity index is 2.02. The molecule has 1 fully saturated rings. The normalized spacial score (nSPS) is 18.8. The summed E-state index contributed by atoms with van der Waals surface area (Å²) in [4.78, 5) is 11.1. The van der Waals surface area contributed by atoms with Gasteiger partial charge in [0, 0.05) is 7.05 Å². The minimum atomic E-state index is 0.232. The quantitative estimate of drug-likeness (QED) is 0.748. The van der Waals surface area contributed by atoms with Gasteiger partial charge in [-0.3, -0.25) is 4.79 Å². The lowest BCUT2D eigenvalue weighted by Gasteiger charge is -2.24. The molecule has 0 unspecified atom stereocenters. The topological polar surface area (TPSA) is 35.6 Å². The van der Waals surface area contributed by atoms with Crippen molar-refractivity contribution in [3.8, 4) is 0 Å². The van der Waals surface area contributed by atoms with Crippen molar-refractivity contribution >= 4 is 11.5 Å². The fourth-order valence-corrected chi connectivity index (χ4v) is 1.46. The number of carbonyl (C=O) groups is 1. The largest absolute Gasteiger partial charge is 0.305 e. The van der Waals surface area contributed by atoms with Crippen molar-refractivity contribution in [2.45, 2.75) is 0 Å². The smallest absolute Gasteiger partial charge is 0.165 e. The molecule has 0 amide bonds. The van der Waals surface area contributed by atoms with Crippen LogP contribution in [0.3, 0.4) is 0 Å². The molecular weight excluding hydrogens is 178 g/mol. The van der Waals surface area contributed by atoms with Crippen molar-refractivity contribution in [3.63, 3.8) is 0 Å². The van der Waals surface area contributed by atoms with Crippen molar-refractivity contribution in [2.75, 3.05) is 25.6 Å². The fourth-order valence-electron chi connectivity index (χ4n) is 1.46. The first-order chi connectivity index (χ1) is 6.75. The van der Waals surface area contributed by atoms with Gasteiger partial charge in [0.1, 0.15) is 0 Å². The van der Waals surface area contributed by atoms with Gasteiger partial charge >= 0.3 is 0 Å². The van der Waals surface area contributed by atoms with Gasteiger partial charge in [-0.1, -0.05) is 18.2 Å². The monoisotopic (exact) mass is 191 g/mol. The highest BCUT2D eigenvalue weighted by molar-refractivity contribution is 5.84. The summed E-state index contributed by atoms with van der Waals surface area (Å²) < 4.78 is 0. The summed E-state index contributed by atoms with van der Waals surface area (Å²) in [5, 5.41) is 3.69. The number of nitrogens with one attached hydrogen (secondary N) is 1. The minimum absolute atomic E-state index is 0.232. The first kappa shape index (κ1) is 9.18. The van der Waals surface area contributed by atoms with E-state index < -0.39 is 0 Å². The predicted molar refractivity (Wildman–Crippen MR) is 54.4 cm³/mol. The lowest BCUT2D eigenvalue weighted by molar-refractivity contribution is -0.116. The maximum atomic E-state index is 11.1. The van der Waals surface area contributed by atoms with Gasteiger partial charge in [0.25, 0.3) is 0 Å². The highest BCUT2D eigenvalue weighted by Crippen LogP contribution is 2.10. The number of benzene rings is 1. The Kier molecular flexibility index (Phi) is 2.47. The van der Waals surface area contributed by atoms with Crippen LogP contribution >= 0.6 is 0 Å². The van der Waals surface area contributed by atoms with Crippen LogP contribution < -0.4 is 5.43 Å². The van der Waals surface area contributed by atoms with Crippen molar-refractivity contribution in [1.29, 1.82) is 0 Å². The van der Waals surface area contributed by atoms with Crippen LogP contribution in [0.4, 0.5) is 5.69 Å². The number of hydrogen-bond acceptors (Lipinski definition) is 4. The zero-order valence-corrected chi connectivity index (χ0v) is 8.10. The van der Waals surface area contributed by atoms with Crippen molar-refractivity contribution in [3.05, 3.63) is 30.3 Å². The maximum Gasteiger partial charge on any atom is 0.165 e. The van der Waals surface area contributed by atoms with Crippen LogP contribution in [0.25, 0.3) is 0 Å². The number of hydrogen-bond donors (Lipinski definition) is 1. The highest BCUT2D eigenvalue weighted by atomic mass is 16.1. The first-order valence-corrected chi connectivity index (χ1v) is 4.58. The van der Waals surface area contributed by atoms with Crippen molar-refractivity contribution < 1.29 is 4.79 Å². The van der Waals surface area contributed by atoms with Gasteiger partial charge in [0.2, 0.25) is 0 Å². The molecule has 74 valence electrons. The average molecular weight is 191 g/mol. The lowest BCUT2D eigenvalue weighted by atomic mass is 10.3. The molecule has 0 atom stereocenters. The Morgan fingerprint density at radius 3 is 2.50 bits per heavy atom. The summed E-state index contributed by atoms with van der Waals surface area (Å²) in [5.74, 6) is 0.232. The van der Waals surface area contributed by atoms with Gasteiger partial charge in [-0.2, -0.15) is 0 Å². The van der Waals surface area contributed by atoms with Gasteiger partial charge in [0.05, 0.1) is 18.8 Å². The summed E-state index contributed by atoms with van der Waals surface area (Å²) in [5.41, 5.74) is 4.15. The van der Waals surface area contributed by atoms with E-state index in [4.69, 9.17) is 0 Å². The number of para-hydroxylation sites is 1. The molecule has 1 aromatic rings. The van der Waals surface area contributed by atoms with E-state index in [1.807, 2.05) is 47.5 Å². The zero-order valence-electron chi connectivity index (χ0n) is 8.10. The standard InChI is InChI=1S/C10H13N3O/c1-12-7-10(14)8-13(12)11-9-5-3-2-4-6-9/h2-6,11H,7-8H2,1H3. The van der Waals surface area contributed by atoms with Crippen LogP contribution in [0.2, 0.25) is 0 Å². The zero-order chi connectivity index (χ0) is 9.97. The molecule has 1 aromatic carbocycles. The molecule has 0 aromatic heterocycles. The molecule has 1 aliphatic heterocycles. The number of likely N-dealkylation sites (N-methyl/N-ethyl adjacent to an activating group) is 1. The van der Waals surface area contributed by atoms with Crippen LogP contribution in [0, 0.1) is 0 Å². The van der Waals surface area contributed by atoms with Gasteiger partial charge in [-0.25, -0.2) is 5.01 Å². The van der Waals surface area contributed by atoms with Gasteiger partial charge in [-0.05, 0) is 12.1 Å². The molecular formula is C10H13N3O. The second-order valence-electron chi connectivity index (χ2n) is 3.39. The molecule has 4 nitrogen and oxygen atoms in total. The molecule has 4 heteroatoms. The van der Waals surface area contributed by atoms with Crippen LogP contribution in [0.1, 0.15) is 0 Å². The SMILES string of the molecule is CN1CC(=O)CN1Nc1ccccc1. The Bertz CT molecular complexity index is 325. The summed E-state index contributed by atoms with van der Waals surface area (Å²) in [6.45, 7) is 0.922. The van der Waals surface area contributed by atoms with E-state index in [1.165, 1.54) is 0 Å². The molecule has 0 radical (unpaired) electrons. The summed E-state index contributed by atoms with van der Waals surface area (Å²) >= 11 is 0. The van der Waals surface area contributed by atoms with E-state index in [0.29, 0.717) is 13.1 Å². The van der Waals surface area contributed by atoms with E-state index in [1.54, 1.807) is 0 Å². The van der Waals surface area contributed by atoms with Gasteiger partial charge < -0.3 is 5.43 Å². The number of carbonyl (C=O) groups excluding carboxylic acids is 1. The van der Waals surface area contributed by atoms with E-state index in [9.17, 15) is 4.79 Å². The summed E-state index contributed by atoms with van der Waals surface area (Å²) in [6, 6.07) is 9.82. The van der Waals surface area contributed by atoms with Gasteiger partial charge in [-0.15, -0.1) is 5.12 Å². The van der Waals surface area contributed by atoms with E-state index in [0.717, 1.165) is 5.69 Å². The van der Waals surface area contributed by atoms with Gasteiger partial charge in [0.15, 0.2) is 5.78 Å². The third-order valence-corrected chi connectivity index (χ3v) is 2.18. The second kappa shape index (κ2) is 3.77. The van der Waals surface area contributed by atoms with E-state index in [-0.39, 0.29) is 5.78 Å². The third-order valence-electron chi connectivity index (χ3n) is 2.18. The Morgan fingerprint density at radius 1 is 1.21 bits per heavy atom. The Morgan fingerprint density at radius 2 is 1.93 bits per heavy atom. The average Bonchev–Trinajstić information content (AvgIpc) is 2.47. The lowest BCUT2D eigenvalue weighted by Crippen LogP contribution is -2.37. The van der Waals surface area contributed by atoms with Crippen LogP contribution in [-0.4, -0.2) is 36.0 Å². The molecule has 1 N–H and O–H groups in total. The first-order valence-electron chi connectivity index (χ1n) is 4.58. The predicted octanol–water partition coefficient (Wildman–Crippen LogP) is 0.745. The molecule has 0 aliphatic carbocycles. The third kappa shape index (κ3) is 1.92. The summed E-state index contributed by atoms with van der Waals surface area (Å²) in [6.07, 6.45) is 0. The number of ketones is 1. The number of nitrogens with zero attached hydrogens (tertiary/aromatic N) is 2. The number of Topliss-reactive ketones (excluding diaryl/α,β-unsaturated/α-hetero) is 1. The van der Waals surface area contributed by atoms with E-state index >= 15 is 0 Å². The fraction of sp³-hybridized carbons (Fsp3) is 0.300. The van der Waals surface area contributed by atoms with Crippen LogP contribution in [0.5, 0.6) is 0 Å². The molecule has 1 heterocycles. The number of anilines is 1. The maximum absolute atomic E-state index is 11.1. The number of hydrazine groups is 2. The van der Waals surface area contributed by atoms with Crippen molar-refractivity contribution in [1.82, 2.24) is 10.1 Å².